The molecule has 3 rings (SSSR count). The number of halogens is 1. The molecule has 1 aromatic rings. The second kappa shape index (κ2) is 8.34. The summed E-state index contributed by atoms with van der Waals surface area (Å²) in [5, 5.41) is 6.55. The number of ether oxygens (including phenoxy) is 2. The van der Waals surface area contributed by atoms with Crippen molar-refractivity contribution in [3.05, 3.63) is 29.3 Å². The van der Waals surface area contributed by atoms with Crippen LogP contribution in [0.25, 0.3) is 0 Å². The summed E-state index contributed by atoms with van der Waals surface area (Å²) in [5.41, 5.74) is -0.875. The number of rotatable bonds is 7. The molecule has 0 saturated heterocycles. The van der Waals surface area contributed by atoms with Crippen LogP contribution < -0.4 is 15.4 Å². The first kappa shape index (κ1) is 22.2. The third-order valence-corrected chi connectivity index (χ3v) is 5.46. The fraction of sp³-hybridized carbons (Fsp3) is 0.571. The third kappa shape index (κ3) is 5.56. The molecule has 3 atom stereocenters. The molecule has 30 heavy (non-hydrogen) atoms. The molecule has 0 heterocycles. The Bertz CT molecular complexity index is 823. The zero-order chi connectivity index (χ0) is 22.1. The molecule has 8 nitrogen and oxygen atoms in total. The van der Waals surface area contributed by atoms with E-state index in [2.05, 4.69) is 10.6 Å². The normalized spacial score (nSPS) is 24.0. The van der Waals surface area contributed by atoms with Crippen LogP contribution in [0.4, 0.5) is 4.79 Å². The minimum absolute atomic E-state index is 0.0233. The van der Waals surface area contributed by atoms with Gasteiger partial charge in [0.1, 0.15) is 17.9 Å². The molecule has 164 valence electrons. The van der Waals surface area contributed by atoms with Gasteiger partial charge in [-0.25, -0.2) is 4.79 Å². The Morgan fingerprint density at radius 2 is 1.83 bits per heavy atom. The van der Waals surface area contributed by atoms with E-state index in [4.69, 9.17) is 21.1 Å². The Kier molecular flexibility index (Phi) is 6.17. The number of nitrogens with zero attached hydrogens (tertiary/aromatic N) is 1. The number of nitrogens with one attached hydrogen (secondary N) is 2. The van der Waals surface area contributed by atoms with E-state index in [9.17, 15) is 14.4 Å². The van der Waals surface area contributed by atoms with Crippen LogP contribution in [-0.2, 0) is 14.3 Å². The Morgan fingerprint density at radius 1 is 1.17 bits per heavy atom. The van der Waals surface area contributed by atoms with Gasteiger partial charge >= 0.3 is 6.09 Å². The molecule has 0 bridgehead atoms. The lowest BCUT2D eigenvalue weighted by molar-refractivity contribution is -0.125. The number of hydrogen-bond acceptors (Lipinski definition) is 5. The van der Waals surface area contributed by atoms with Crippen molar-refractivity contribution < 1.29 is 23.9 Å². The van der Waals surface area contributed by atoms with Gasteiger partial charge in [-0.15, -0.1) is 0 Å². The van der Waals surface area contributed by atoms with Crippen LogP contribution in [0, 0.1) is 5.92 Å². The minimum Gasteiger partial charge on any atom is -0.484 e. The zero-order valence-corrected chi connectivity index (χ0v) is 18.4. The van der Waals surface area contributed by atoms with Crippen molar-refractivity contribution >= 4 is 29.5 Å². The van der Waals surface area contributed by atoms with E-state index in [0.717, 1.165) is 6.42 Å². The van der Waals surface area contributed by atoms with Crippen molar-refractivity contribution in [3.8, 4) is 5.75 Å². The number of carbonyl (C=O) groups is 3. The standard InChI is InChI=1S/C21H28ClN3O5/c1-20(2,3)30-19(28)25(4)11-17(26)24-21-9-15(21)16(10-21)23-18(27)12-29-14-7-5-13(22)6-8-14/h5-8,15-16H,9-12H2,1-4H3,(H,23,27)(H,24,26)/t15?,16-,21+/m1/s1. The maximum Gasteiger partial charge on any atom is 0.410 e. The monoisotopic (exact) mass is 437 g/mol. The maximum absolute atomic E-state index is 12.3. The van der Waals surface area contributed by atoms with Gasteiger partial charge in [-0.3, -0.25) is 9.59 Å². The van der Waals surface area contributed by atoms with E-state index < -0.39 is 11.7 Å². The molecule has 2 saturated carbocycles. The van der Waals surface area contributed by atoms with Gasteiger partial charge in [0.05, 0.1) is 0 Å². The predicted octanol–water partition coefficient (Wildman–Crippen LogP) is 2.35. The van der Waals surface area contributed by atoms with Crippen LogP contribution in [0.5, 0.6) is 5.75 Å². The van der Waals surface area contributed by atoms with E-state index in [-0.39, 0.29) is 42.5 Å². The van der Waals surface area contributed by atoms with E-state index in [1.807, 2.05) is 0 Å². The van der Waals surface area contributed by atoms with Crippen molar-refractivity contribution in [1.29, 1.82) is 0 Å². The third-order valence-electron chi connectivity index (χ3n) is 5.21. The summed E-state index contributed by atoms with van der Waals surface area (Å²) in [4.78, 5) is 37.6. The average molecular weight is 438 g/mol. The summed E-state index contributed by atoms with van der Waals surface area (Å²) < 4.78 is 10.7. The van der Waals surface area contributed by atoms with Gasteiger partial charge in [0, 0.05) is 29.6 Å². The van der Waals surface area contributed by atoms with E-state index in [0.29, 0.717) is 17.2 Å². The fourth-order valence-corrected chi connectivity index (χ4v) is 3.81. The number of likely N-dealkylation sites (N-methyl/N-ethyl adjacent to an activating group) is 1. The Hall–Kier alpha value is -2.48. The highest BCUT2D eigenvalue weighted by Gasteiger charge is 2.68. The molecule has 0 aliphatic heterocycles. The van der Waals surface area contributed by atoms with E-state index in [1.165, 1.54) is 11.9 Å². The molecule has 2 aliphatic carbocycles. The highest BCUT2D eigenvalue weighted by atomic mass is 35.5. The quantitative estimate of drug-likeness (QED) is 0.682. The number of carbonyl (C=O) groups excluding carboxylic acids is 3. The summed E-state index contributed by atoms with van der Waals surface area (Å²) >= 11 is 5.82. The van der Waals surface area contributed by atoms with Crippen LogP contribution in [0.3, 0.4) is 0 Å². The van der Waals surface area contributed by atoms with Gasteiger partial charge in [-0.05, 0) is 57.9 Å². The molecule has 2 aliphatic rings. The zero-order valence-electron chi connectivity index (χ0n) is 17.7. The Balaban J connectivity index is 1.36. The molecular weight excluding hydrogens is 410 g/mol. The number of amides is 3. The number of fused-ring (bicyclic) bond motifs is 1. The molecule has 9 heteroatoms. The topological polar surface area (TPSA) is 97.0 Å². The molecule has 1 aromatic carbocycles. The highest BCUT2D eigenvalue weighted by molar-refractivity contribution is 6.30. The van der Waals surface area contributed by atoms with E-state index >= 15 is 0 Å². The Morgan fingerprint density at radius 3 is 2.43 bits per heavy atom. The molecule has 3 amide bonds. The second-order valence-electron chi connectivity index (χ2n) is 8.97. The lowest BCUT2D eigenvalue weighted by atomic mass is 9.86. The lowest BCUT2D eigenvalue weighted by Gasteiger charge is -2.36. The van der Waals surface area contributed by atoms with Crippen molar-refractivity contribution in [3.63, 3.8) is 0 Å². The van der Waals surface area contributed by atoms with Crippen molar-refractivity contribution in [2.24, 2.45) is 5.92 Å². The van der Waals surface area contributed by atoms with Gasteiger partial charge < -0.3 is 25.0 Å². The second-order valence-corrected chi connectivity index (χ2v) is 9.41. The molecule has 2 fully saturated rings. The van der Waals surface area contributed by atoms with Gasteiger partial charge in [0.15, 0.2) is 6.61 Å². The summed E-state index contributed by atoms with van der Waals surface area (Å²) in [6, 6.07) is 6.82. The number of hydrogen-bond donors (Lipinski definition) is 2. The van der Waals surface area contributed by atoms with Gasteiger partial charge in [-0.2, -0.15) is 0 Å². The summed E-state index contributed by atoms with van der Waals surface area (Å²) in [5.74, 6) is 0.353. The van der Waals surface area contributed by atoms with Crippen molar-refractivity contribution in [2.45, 2.75) is 50.8 Å². The first-order valence-electron chi connectivity index (χ1n) is 9.90. The summed E-state index contributed by atoms with van der Waals surface area (Å²) in [6.45, 7) is 5.17. The summed E-state index contributed by atoms with van der Waals surface area (Å²) in [7, 11) is 1.53. The largest absolute Gasteiger partial charge is 0.484 e. The average Bonchev–Trinajstić information content (AvgIpc) is 3.21. The Labute approximate surface area is 181 Å². The molecule has 0 aromatic heterocycles. The highest BCUT2D eigenvalue weighted by Crippen LogP contribution is 2.59. The summed E-state index contributed by atoms with van der Waals surface area (Å²) in [6.07, 6.45) is 0.950. The van der Waals surface area contributed by atoms with Gasteiger partial charge in [0.2, 0.25) is 5.91 Å². The van der Waals surface area contributed by atoms with Crippen LogP contribution in [0.1, 0.15) is 33.6 Å². The van der Waals surface area contributed by atoms with Crippen LogP contribution in [0.15, 0.2) is 24.3 Å². The van der Waals surface area contributed by atoms with Gasteiger partial charge in [0.25, 0.3) is 5.91 Å². The maximum atomic E-state index is 12.3. The smallest absolute Gasteiger partial charge is 0.410 e. The first-order chi connectivity index (χ1) is 14.0. The fourth-order valence-electron chi connectivity index (χ4n) is 3.68. The SMILES string of the molecule is CN(CC(=O)N[C@]12CC1[C@H](NC(=O)COc1ccc(Cl)cc1)C2)C(=O)OC(C)(C)C. The van der Waals surface area contributed by atoms with Crippen molar-refractivity contribution in [2.75, 3.05) is 20.2 Å². The van der Waals surface area contributed by atoms with Crippen LogP contribution >= 0.6 is 11.6 Å². The first-order valence-corrected chi connectivity index (χ1v) is 10.3. The van der Waals surface area contributed by atoms with Gasteiger partial charge in [-0.1, -0.05) is 11.6 Å². The predicted molar refractivity (Wildman–Crippen MR) is 111 cm³/mol. The molecule has 0 spiro atoms. The minimum atomic E-state index is -0.612. The molecule has 0 radical (unpaired) electrons. The lowest BCUT2D eigenvalue weighted by Crippen LogP contribution is -2.57. The van der Waals surface area contributed by atoms with Crippen molar-refractivity contribution in [1.82, 2.24) is 15.5 Å². The van der Waals surface area contributed by atoms with Crippen LogP contribution in [-0.4, -0.2) is 60.2 Å². The number of benzene rings is 1. The van der Waals surface area contributed by atoms with Crippen LogP contribution in [0.2, 0.25) is 5.02 Å². The molecule has 2 N–H and O–H groups in total. The molecule has 1 unspecified atom stereocenters. The molecular formula is C21H28ClN3O5. The van der Waals surface area contributed by atoms with E-state index in [1.54, 1.807) is 45.0 Å².